The van der Waals surface area contributed by atoms with Gasteiger partial charge in [0.2, 0.25) is 5.95 Å². The van der Waals surface area contributed by atoms with Crippen LogP contribution >= 0.6 is 0 Å². The Hall–Kier alpha value is -3.20. The van der Waals surface area contributed by atoms with E-state index >= 15 is 0 Å². The van der Waals surface area contributed by atoms with Crippen molar-refractivity contribution >= 4 is 28.6 Å². The second-order valence-electron chi connectivity index (χ2n) is 8.68. The Labute approximate surface area is 186 Å². The zero-order valence-electron chi connectivity index (χ0n) is 18.7. The molecular weight excluding hydrogens is 408 g/mol. The van der Waals surface area contributed by atoms with Gasteiger partial charge in [-0.25, -0.2) is 9.67 Å². The first-order valence-electron chi connectivity index (χ1n) is 11.0. The zero-order chi connectivity index (χ0) is 22.2. The lowest BCUT2D eigenvalue weighted by molar-refractivity contribution is -0.145. The average Bonchev–Trinajstić information content (AvgIpc) is 3.45. The molecular formula is C23H28N6O3. The number of carbonyl (C=O) groups excluding carboxylic acids is 1. The van der Waals surface area contributed by atoms with Crippen molar-refractivity contribution in [2.24, 2.45) is 5.92 Å². The zero-order valence-corrected chi connectivity index (χ0v) is 18.7. The van der Waals surface area contributed by atoms with Crippen LogP contribution in [0.15, 0.2) is 24.5 Å². The van der Waals surface area contributed by atoms with E-state index in [9.17, 15) is 4.79 Å². The number of rotatable bonds is 5. The highest BCUT2D eigenvalue weighted by Crippen LogP contribution is 2.37. The van der Waals surface area contributed by atoms with Gasteiger partial charge in [0.1, 0.15) is 5.75 Å². The van der Waals surface area contributed by atoms with Crippen LogP contribution in [0.1, 0.15) is 36.4 Å². The van der Waals surface area contributed by atoms with E-state index in [4.69, 9.17) is 14.5 Å². The lowest BCUT2D eigenvalue weighted by atomic mass is 9.99. The lowest BCUT2D eigenvalue weighted by Crippen LogP contribution is -2.26. The van der Waals surface area contributed by atoms with Crippen molar-refractivity contribution in [2.75, 3.05) is 33.1 Å². The number of esters is 1. The van der Waals surface area contributed by atoms with Gasteiger partial charge < -0.3 is 19.7 Å². The van der Waals surface area contributed by atoms with Gasteiger partial charge in [0.25, 0.3) is 0 Å². The van der Waals surface area contributed by atoms with E-state index in [-0.39, 0.29) is 17.9 Å². The lowest BCUT2D eigenvalue weighted by Gasteiger charge is -2.26. The number of methoxy groups -OCH3 is 2. The summed E-state index contributed by atoms with van der Waals surface area (Å²) in [6.07, 6.45) is 6.95. The van der Waals surface area contributed by atoms with Crippen LogP contribution in [0.2, 0.25) is 0 Å². The van der Waals surface area contributed by atoms with Crippen LogP contribution in [0.3, 0.4) is 0 Å². The monoisotopic (exact) mass is 436 g/mol. The van der Waals surface area contributed by atoms with Crippen LogP contribution in [0.5, 0.6) is 5.75 Å². The maximum Gasteiger partial charge on any atom is 0.308 e. The van der Waals surface area contributed by atoms with Crippen LogP contribution in [0, 0.1) is 5.92 Å². The number of anilines is 2. The fraction of sp³-hybridized carbons (Fsp3) is 0.478. The summed E-state index contributed by atoms with van der Waals surface area (Å²) < 4.78 is 12.5. The molecule has 0 amide bonds. The molecule has 1 saturated carbocycles. The Bertz CT molecular complexity index is 1160. The SMILES string of the molecule is COC(=O)[C@H]1CC[C@H](n2ncc3cnc(Nc4cc5c(cc4OC)CCN(C)C5)nc32)C1. The first kappa shape index (κ1) is 20.7. The molecule has 1 aliphatic heterocycles. The maximum atomic E-state index is 11.9. The Kier molecular flexibility index (Phi) is 5.42. The Morgan fingerprint density at radius 3 is 2.88 bits per heavy atom. The van der Waals surface area contributed by atoms with Crippen LogP contribution < -0.4 is 10.1 Å². The molecule has 3 heterocycles. The molecule has 2 aromatic heterocycles. The number of benzene rings is 1. The fourth-order valence-electron chi connectivity index (χ4n) is 4.84. The van der Waals surface area contributed by atoms with Gasteiger partial charge in [-0.3, -0.25) is 4.79 Å². The first-order valence-corrected chi connectivity index (χ1v) is 11.0. The summed E-state index contributed by atoms with van der Waals surface area (Å²) in [4.78, 5) is 23.5. The van der Waals surface area contributed by atoms with Crippen molar-refractivity contribution in [2.45, 2.75) is 38.3 Å². The molecule has 168 valence electrons. The molecule has 1 N–H and O–H groups in total. The van der Waals surface area contributed by atoms with E-state index < -0.39 is 0 Å². The normalized spacial score (nSPS) is 20.8. The van der Waals surface area contributed by atoms with Gasteiger partial charge in [0.15, 0.2) is 5.65 Å². The molecule has 9 nitrogen and oxygen atoms in total. The Morgan fingerprint density at radius 1 is 1.19 bits per heavy atom. The molecule has 32 heavy (non-hydrogen) atoms. The molecule has 3 aromatic rings. The number of fused-ring (bicyclic) bond motifs is 2. The second-order valence-corrected chi connectivity index (χ2v) is 8.68. The molecule has 2 aliphatic rings. The van der Waals surface area contributed by atoms with E-state index in [2.05, 4.69) is 39.5 Å². The van der Waals surface area contributed by atoms with Crippen molar-refractivity contribution in [1.29, 1.82) is 0 Å². The van der Waals surface area contributed by atoms with E-state index in [1.807, 2.05) is 4.68 Å². The Morgan fingerprint density at radius 2 is 2.06 bits per heavy atom. The molecule has 0 unspecified atom stereocenters. The van der Waals surface area contributed by atoms with E-state index in [1.54, 1.807) is 19.5 Å². The summed E-state index contributed by atoms with van der Waals surface area (Å²) in [5.74, 6) is 1.04. The second kappa shape index (κ2) is 8.38. The minimum absolute atomic E-state index is 0.0819. The molecule has 1 fully saturated rings. The molecule has 0 spiro atoms. The van der Waals surface area contributed by atoms with Crippen LogP contribution in [-0.4, -0.2) is 58.4 Å². The Balaban J connectivity index is 1.43. The summed E-state index contributed by atoms with van der Waals surface area (Å²) in [6, 6.07) is 4.36. The van der Waals surface area contributed by atoms with Gasteiger partial charge in [0, 0.05) is 19.3 Å². The van der Waals surface area contributed by atoms with E-state index in [1.165, 1.54) is 18.2 Å². The number of likely N-dealkylation sites (N-methyl/N-ethyl adjacent to an activating group) is 1. The summed E-state index contributed by atoms with van der Waals surface area (Å²) in [5.41, 5.74) is 4.21. The van der Waals surface area contributed by atoms with E-state index in [0.29, 0.717) is 12.4 Å². The highest BCUT2D eigenvalue weighted by Gasteiger charge is 2.33. The molecule has 5 rings (SSSR count). The van der Waals surface area contributed by atoms with Crippen molar-refractivity contribution in [3.63, 3.8) is 0 Å². The maximum absolute atomic E-state index is 11.9. The molecule has 1 aromatic carbocycles. The molecule has 0 saturated heterocycles. The van der Waals surface area contributed by atoms with Gasteiger partial charge in [-0.2, -0.15) is 10.1 Å². The summed E-state index contributed by atoms with van der Waals surface area (Å²) >= 11 is 0. The van der Waals surface area contributed by atoms with Gasteiger partial charge in [-0.1, -0.05) is 0 Å². The van der Waals surface area contributed by atoms with Gasteiger partial charge in [-0.05, 0) is 56.0 Å². The highest BCUT2D eigenvalue weighted by molar-refractivity contribution is 5.76. The first-order chi connectivity index (χ1) is 15.6. The number of hydrogen-bond acceptors (Lipinski definition) is 8. The number of carbonyl (C=O) groups is 1. The molecule has 0 radical (unpaired) electrons. The average molecular weight is 437 g/mol. The molecule has 2 atom stereocenters. The minimum atomic E-state index is -0.147. The van der Waals surface area contributed by atoms with Crippen LogP contribution in [0.4, 0.5) is 11.6 Å². The van der Waals surface area contributed by atoms with Gasteiger partial charge in [0.05, 0.1) is 43.4 Å². The predicted octanol–water partition coefficient (Wildman–Crippen LogP) is 3.08. The smallest absolute Gasteiger partial charge is 0.308 e. The summed E-state index contributed by atoms with van der Waals surface area (Å²) in [7, 11) is 5.25. The molecule has 1 aliphatic carbocycles. The third-order valence-corrected chi connectivity index (χ3v) is 6.59. The minimum Gasteiger partial charge on any atom is -0.495 e. The highest BCUT2D eigenvalue weighted by atomic mass is 16.5. The molecule has 0 bridgehead atoms. The third kappa shape index (κ3) is 3.77. The number of nitrogens with zero attached hydrogens (tertiary/aromatic N) is 5. The van der Waals surface area contributed by atoms with Crippen molar-refractivity contribution in [3.05, 3.63) is 35.7 Å². The number of hydrogen-bond donors (Lipinski definition) is 1. The predicted molar refractivity (Wildman–Crippen MR) is 120 cm³/mol. The van der Waals surface area contributed by atoms with Crippen LogP contribution in [-0.2, 0) is 22.5 Å². The summed E-state index contributed by atoms with van der Waals surface area (Å²) in [5, 5.41) is 8.76. The van der Waals surface area contributed by atoms with E-state index in [0.717, 1.165) is 54.8 Å². The van der Waals surface area contributed by atoms with Gasteiger partial charge in [-0.15, -0.1) is 0 Å². The number of ether oxygens (including phenoxy) is 2. The van der Waals surface area contributed by atoms with Crippen molar-refractivity contribution in [1.82, 2.24) is 24.6 Å². The topological polar surface area (TPSA) is 94.4 Å². The number of aromatic nitrogens is 4. The fourth-order valence-corrected chi connectivity index (χ4v) is 4.84. The number of nitrogens with one attached hydrogen (secondary N) is 1. The third-order valence-electron chi connectivity index (χ3n) is 6.59. The largest absolute Gasteiger partial charge is 0.495 e. The van der Waals surface area contributed by atoms with Crippen molar-refractivity contribution < 1.29 is 14.3 Å². The molecule has 9 heteroatoms. The summed E-state index contributed by atoms with van der Waals surface area (Å²) in [6.45, 7) is 1.95. The van der Waals surface area contributed by atoms with Crippen molar-refractivity contribution in [3.8, 4) is 5.75 Å². The van der Waals surface area contributed by atoms with Gasteiger partial charge >= 0.3 is 5.97 Å². The standard InChI is InChI=1S/C23H28N6O3/c1-28-7-6-14-10-20(31-2)19(9-16(14)13-28)26-23-24-11-17-12-25-29(21(17)27-23)18-5-4-15(8-18)22(30)32-3/h9-12,15,18H,4-8,13H2,1-3H3,(H,24,26,27)/t15-,18-/m0/s1. The van der Waals surface area contributed by atoms with Crippen LogP contribution in [0.25, 0.3) is 11.0 Å². The quantitative estimate of drug-likeness (QED) is 0.610.